The van der Waals surface area contributed by atoms with Crippen molar-refractivity contribution in [2.24, 2.45) is 0 Å². The molecule has 7 aromatic carbocycles. The van der Waals surface area contributed by atoms with Crippen LogP contribution in [-0.2, 0) is 0 Å². The number of ketones is 3. The summed E-state index contributed by atoms with van der Waals surface area (Å²) in [5, 5.41) is 0. The molecule has 7 rings (SSSR count). The maximum absolute atomic E-state index is 15.4. The van der Waals surface area contributed by atoms with Crippen molar-refractivity contribution in [2.45, 2.75) is 0 Å². The fraction of sp³-hybridized carbons (Fsp3) is 0.0625. The van der Waals surface area contributed by atoms with Gasteiger partial charge in [-0.2, -0.15) is 0 Å². The van der Waals surface area contributed by atoms with E-state index in [1.165, 1.54) is 0 Å². The molecule has 0 amide bonds. The van der Waals surface area contributed by atoms with E-state index in [9.17, 15) is 0 Å². The van der Waals surface area contributed by atoms with Crippen molar-refractivity contribution in [2.75, 3.05) is 21.3 Å². The molecule has 0 aliphatic rings. The van der Waals surface area contributed by atoms with Gasteiger partial charge in [0.25, 0.3) is 0 Å². The van der Waals surface area contributed by atoms with E-state index in [0.717, 1.165) is 5.56 Å². The second-order valence-electron chi connectivity index (χ2n) is 12.5. The van der Waals surface area contributed by atoms with Gasteiger partial charge in [-0.25, -0.2) is 0 Å². The van der Waals surface area contributed by atoms with Crippen LogP contribution in [0.25, 0.3) is 33.4 Å². The average Bonchev–Trinajstić information content (AvgIpc) is 3.25. The molecule has 0 heterocycles. The summed E-state index contributed by atoms with van der Waals surface area (Å²) >= 11 is 0. The maximum Gasteiger partial charge on any atom is 0.194 e. The van der Waals surface area contributed by atoms with Gasteiger partial charge in [-0.05, 0) is 95.1 Å². The van der Waals surface area contributed by atoms with Crippen LogP contribution in [0.15, 0.2) is 164 Å². The van der Waals surface area contributed by atoms with E-state index in [0.29, 0.717) is 56.2 Å². The Labute approximate surface area is 314 Å². The summed E-state index contributed by atoms with van der Waals surface area (Å²) in [6, 6.07) is 49.0. The molecule has 0 aromatic heterocycles. The maximum atomic E-state index is 15.4. The normalized spacial score (nSPS) is 10.7. The number of hydrogen-bond donors (Lipinski definition) is 0. The Morgan fingerprint density at radius 2 is 0.574 bits per heavy atom. The van der Waals surface area contributed by atoms with Gasteiger partial charge in [-0.3, -0.25) is 14.4 Å². The number of carbonyl (C=O) groups is 3. The predicted molar refractivity (Wildman–Crippen MR) is 212 cm³/mol. The van der Waals surface area contributed by atoms with Crippen LogP contribution in [-0.4, -0.2) is 38.7 Å². The smallest absolute Gasteiger partial charge is 0.194 e. The number of benzene rings is 7. The second kappa shape index (κ2) is 15.7. The summed E-state index contributed by atoms with van der Waals surface area (Å²) in [6.45, 7) is 0. The third kappa shape index (κ3) is 6.81. The van der Waals surface area contributed by atoms with Crippen LogP contribution in [0.3, 0.4) is 0 Å². The van der Waals surface area contributed by atoms with Crippen LogP contribution < -0.4 is 14.2 Å². The minimum Gasteiger partial charge on any atom is -0.497 e. The molecule has 0 bridgehead atoms. The third-order valence-corrected chi connectivity index (χ3v) is 9.43. The molecule has 0 radical (unpaired) electrons. The Balaban J connectivity index is 1.73. The van der Waals surface area contributed by atoms with E-state index in [1.54, 1.807) is 94.1 Å². The Bertz CT molecular complexity index is 2310. The second-order valence-corrected chi connectivity index (χ2v) is 12.5. The molecular formula is C48H36O6. The van der Waals surface area contributed by atoms with Gasteiger partial charge in [0.05, 0.1) is 21.3 Å². The first-order valence-electron chi connectivity index (χ1n) is 17.4. The molecule has 0 saturated heterocycles. The lowest BCUT2D eigenvalue weighted by molar-refractivity contribution is 0.0991. The molecule has 0 saturated carbocycles. The molecule has 6 heteroatoms. The Hall–Kier alpha value is -7.05. The van der Waals surface area contributed by atoms with E-state index in [4.69, 9.17) is 14.2 Å². The number of ether oxygens (including phenoxy) is 3. The average molecular weight is 709 g/mol. The molecule has 54 heavy (non-hydrogen) atoms. The van der Waals surface area contributed by atoms with E-state index in [2.05, 4.69) is 0 Å². The molecular weight excluding hydrogens is 673 g/mol. The van der Waals surface area contributed by atoms with Crippen LogP contribution in [0.5, 0.6) is 17.2 Å². The van der Waals surface area contributed by atoms with Gasteiger partial charge in [0.1, 0.15) is 17.2 Å². The fourth-order valence-electron chi connectivity index (χ4n) is 6.77. The van der Waals surface area contributed by atoms with Crippen molar-refractivity contribution in [3.63, 3.8) is 0 Å². The van der Waals surface area contributed by atoms with Crippen LogP contribution in [0.2, 0.25) is 0 Å². The largest absolute Gasteiger partial charge is 0.497 e. The minimum absolute atomic E-state index is 0.000750. The van der Waals surface area contributed by atoms with Crippen molar-refractivity contribution < 1.29 is 28.6 Å². The highest BCUT2D eigenvalue weighted by Crippen LogP contribution is 2.48. The van der Waals surface area contributed by atoms with E-state index < -0.39 is 17.3 Å². The molecule has 264 valence electrons. The van der Waals surface area contributed by atoms with Gasteiger partial charge in [-0.15, -0.1) is 0 Å². The van der Waals surface area contributed by atoms with Gasteiger partial charge >= 0.3 is 0 Å². The Morgan fingerprint density at radius 3 is 0.852 bits per heavy atom. The van der Waals surface area contributed by atoms with Gasteiger partial charge in [0.2, 0.25) is 0 Å². The number of hydrogen-bond acceptors (Lipinski definition) is 6. The first-order chi connectivity index (χ1) is 26.4. The number of rotatable bonds is 12. The standard InChI is InChI=1S/C48H36O6/c1-52-37-25-19-34(20-26-37)46(49)43-41(32-15-9-5-10-16-32)40(31-13-7-4-8-14-31)42(33-17-11-6-12-18-33)44(47(50)35-21-27-38(53-2)28-22-35)45(43)48(51)36-23-29-39(54-3)30-24-36/h4-30H,1-3H3. The fourth-order valence-corrected chi connectivity index (χ4v) is 6.77. The molecule has 0 unspecified atom stereocenters. The molecule has 0 N–H and O–H groups in total. The molecule has 0 aliphatic carbocycles. The first-order valence-corrected chi connectivity index (χ1v) is 17.4. The molecule has 0 atom stereocenters. The summed E-state index contributed by atoms with van der Waals surface area (Å²) in [5.41, 5.74) is 5.05. The Kier molecular flexibility index (Phi) is 10.3. The van der Waals surface area contributed by atoms with Crippen molar-refractivity contribution in [1.29, 1.82) is 0 Å². The van der Waals surface area contributed by atoms with Crippen molar-refractivity contribution in [1.82, 2.24) is 0 Å². The van der Waals surface area contributed by atoms with Gasteiger partial charge < -0.3 is 14.2 Å². The molecule has 7 aromatic rings. The summed E-state index contributed by atoms with van der Waals surface area (Å²) < 4.78 is 16.2. The first kappa shape index (κ1) is 35.4. The van der Waals surface area contributed by atoms with Crippen LogP contribution in [0, 0.1) is 0 Å². The molecule has 0 fully saturated rings. The van der Waals surface area contributed by atoms with Gasteiger partial charge in [0, 0.05) is 44.5 Å². The van der Waals surface area contributed by atoms with Crippen molar-refractivity contribution in [3.8, 4) is 50.6 Å². The molecule has 0 aliphatic heterocycles. The third-order valence-electron chi connectivity index (χ3n) is 9.43. The number of methoxy groups -OCH3 is 3. The van der Waals surface area contributed by atoms with Gasteiger partial charge in [-0.1, -0.05) is 91.0 Å². The lowest BCUT2D eigenvalue weighted by Crippen LogP contribution is -2.21. The quantitative estimate of drug-likeness (QED) is 0.118. The summed E-state index contributed by atoms with van der Waals surface area (Å²) in [7, 11) is 4.66. The highest BCUT2D eigenvalue weighted by atomic mass is 16.5. The zero-order valence-electron chi connectivity index (χ0n) is 30.0. The SMILES string of the molecule is COc1ccc(C(=O)c2c(C(=O)c3ccc(OC)cc3)c(-c3ccccc3)c(-c3ccccc3)c(-c3ccccc3)c2C(=O)c2ccc(OC)cc2)cc1. The summed E-state index contributed by atoms with van der Waals surface area (Å²) in [4.78, 5) is 46.2. The topological polar surface area (TPSA) is 78.9 Å². The lowest BCUT2D eigenvalue weighted by Gasteiger charge is -2.26. The zero-order valence-corrected chi connectivity index (χ0v) is 30.0. The monoisotopic (exact) mass is 708 g/mol. The minimum atomic E-state index is -0.486. The lowest BCUT2D eigenvalue weighted by atomic mass is 9.74. The van der Waals surface area contributed by atoms with Crippen LogP contribution in [0.1, 0.15) is 47.8 Å². The predicted octanol–water partition coefficient (Wildman–Crippen LogP) is 10.4. The highest BCUT2D eigenvalue weighted by Gasteiger charge is 2.36. The van der Waals surface area contributed by atoms with E-state index in [1.807, 2.05) is 91.0 Å². The van der Waals surface area contributed by atoms with E-state index in [-0.39, 0.29) is 22.3 Å². The Morgan fingerprint density at radius 1 is 0.315 bits per heavy atom. The van der Waals surface area contributed by atoms with Crippen molar-refractivity contribution in [3.05, 3.63) is 197 Å². The van der Waals surface area contributed by atoms with Crippen LogP contribution >= 0.6 is 0 Å². The van der Waals surface area contributed by atoms with Gasteiger partial charge in [0.15, 0.2) is 17.3 Å². The summed E-state index contributed by atoms with van der Waals surface area (Å²) in [5.74, 6) is 0.376. The highest BCUT2D eigenvalue weighted by molar-refractivity contribution is 6.31. The zero-order chi connectivity index (χ0) is 37.6. The van der Waals surface area contributed by atoms with Crippen LogP contribution in [0.4, 0.5) is 0 Å². The van der Waals surface area contributed by atoms with Crippen molar-refractivity contribution >= 4 is 17.3 Å². The number of carbonyl (C=O) groups excluding carboxylic acids is 3. The molecule has 6 nitrogen and oxygen atoms in total. The summed E-state index contributed by atoms with van der Waals surface area (Å²) in [6.07, 6.45) is 0. The van der Waals surface area contributed by atoms with E-state index >= 15 is 14.4 Å². The molecule has 0 spiro atoms.